The Balaban J connectivity index is 3.01. The fraction of sp³-hybridized carbons (Fsp3) is 0.111. The standard InChI is InChI=1S/C9H7ClO3/c10-8-5-6(12)1-2-7(8)9(13)3-4-11/h1-2,4-5,12H,3H2. The van der Waals surface area contributed by atoms with Gasteiger partial charge in [0.2, 0.25) is 0 Å². The maximum absolute atomic E-state index is 11.2. The van der Waals surface area contributed by atoms with Gasteiger partial charge < -0.3 is 9.90 Å². The number of ketones is 1. The topological polar surface area (TPSA) is 54.4 Å². The first-order valence-corrected chi connectivity index (χ1v) is 3.98. The van der Waals surface area contributed by atoms with Crippen LogP contribution >= 0.6 is 11.6 Å². The number of carbonyl (C=O) groups excluding carboxylic acids is 2. The van der Waals surface area contributed by atoms with Crippen molar-refractivity contribution >= 4 is 23.7 Å². The molecule has 0 bridgehead atoms. The second-order valence-electron chi connectivity index (χ2n) is 2.46. The second-order valence-corrected chi connectivity index (χ2v) is 2.87. The number of Topliss-reactive ketones (excluding diaryl/α,β-unsaturated/α-hetero) is 1. The number of phenolic OH excluding ortho intramolecular Hbond substituents is 1. The average molecular weight is 199 g/mol. The lowest BCUT2D eigenvalue weighted by Gasteiger charge is -2.00. The first-order chi connectivity index (χ1) is 6.15. The van der Waals surface area contributed by atoms with Gasteiger partial charge in [0.25, 0.3) is 0 Å². The van der Waals surface area contributed by atoms with Gasteiger partial charge in [-0.05, 0) is 18.2 Å². The molecule has 0 aliphatic rings. The van der Waals surface area contributed by atoms with E-state index in [0.717, 1.165) is 0 Å². The Hall–Kier alpha value is -1.35. The average Bonchev–Trinajstić information content (AvgIpc) is 2.04. The van der Waals surface area contributed by atoms with E-state index in [9.17, 15) is 9.59 Å². The highest BCUT2D eigenvalue weighted by Crippen LogP contribution is 2.22. The van der Waals surface area contributed by atoms with E-state index in [1.54, 1.807) is 0 Å². The molecule has 0 saturated carbocycles. The van der Waals surface area contributed by atoms with Crippen LogP contribution in [-0.4, -0.2) is 17.2 Å². The molecule has 0 atom stereocenters. The molecular formula is C9H7ClO3. The molecule has 1 rings (SSSR count). The lowest BCUT2D eigenvalue weighted by Crippen LogP contribution is -1.99. The minimum absolute atomic E-state index is 0.00680. The molecule has 1 aromatic rings. The van der Waals surface area contributed by atoms with Crippen LogP contribution in [0.25, 0.3) is 0 Å². The summed E-state index contributed by atoms with van der Waals surface area (Å²) < 4.78 is 0. The van der Waals surface area contributed by atoms with Crippen molar-refractivity contribution in [3.8, 4) is 5.75 Å². The normalized spacial score (nSPS) is 9.62. The van der Waals surface area contributed by atoms with Gasteiger partial charge >= 0.3 is 0 Å². The molecule has 3 nitrogen and oxygen atoms in total. The van der Waals surface area contributed by atoms with E-state index in [1.807, 2.05) is 0 Å². The predicted molar refractivity (Wildman–Crippen MR) is 48.1 cm³/mol. The lowest BCUT2D eigenvalue weighted by atomic mass is 10.1. The zero-order chi connectivity index (χ0) is 9.84. The van der Waals surface area contributed by atoms with Crippen LogP contribution in [0.5, 0.6) is 5.75 Å². The van der Waals surface area contributed by atoms with Gasteiger partial charge in [-0.2, -0.15) is 0 Å². The van der Waals surface area contributed by atoms with Gasteiger partial charge in [0.15, 0.2) is 5.78 Å². The number of halogens is 1. The zero-order valence-electron chi connectivity index (χ0n) is 6.66. The SMILES string of the molecule is O=CCC(=O)c1ccc(O)cc1Cl. The van der Waals surface area contributed by atoms with Crippen molar-refractivity contribution in [1.29, 1.82) is 0 Å². The van der Waals surface area contributed by atoms with Crippen LogP contribution in [-0.2, 0) is 4.79 Å². The van der Waals surface area contributed by atoms with Crippen LogP contribution < -0.4 is 0 Å². The molecule has 0 radical (unpaired) electrons. The Labute approximate surface area is 79.9 Å². The van der Waals surface area contributed by atoms with Crippen LogP contribution in [0.3, 0.4) is 0 Å². The highest BCUT2D eigenvalue weighted by Gasteiger charge is 2.09. The third-order valence-electron chi connectivity index (χ3n) is 1.52. The maximum atomic E-state index is 11.2. The molecule has 0 aliphatic heterocycles. The third kappa shape index (κ3) is 2.29. The van der Waals surface area contributed by atoms with E-state index in [1.165, 1.54) is 18.2 Å². The minimum Gasteiger partial charge on any atom is -0.508 e. The van der Waals surface area contributed by atoms with Gasteiger partial charge in [-0.15, -0.1) is 0 Å². The van der Waals surface area contributed by atoms with Gasteiger partial charge in [0.05, 0.1) is 11.4 Å². The Kier molecular flexibility index (Phi) is 3.03. The van der Waals surface area contributed by atoms with Gasteiger partial charge in [-0.25, -0.2) is 0 Å². The monoisotopic (exact) mass is 198 g/mol. The molecule has 1 N–H and O–H groups in total. The van der Waals surface area contributed by atoms with Gasteiger partial charge in [-0.3, -0.25) is 4.79 Å². The minimum atomic E-state index is -0.347. The van der Waals surface area contributed by atoms with Crippen molar-refractivity contribution < 1.29 is 14.7 Å². The number of aromatic hydroxyl groups is 1. The molecule has 0 amide bonds. The van der Waals surface area contributed by atoms with Crippen molar-refractivity contribution in [2.24, 2.45) is 0 Å². The summed E-state index contributed by atoms with van der Waals surface area (Å²) in [5, 5.41) is 9.14. The summed E-state index contributed by atoms with van der Waals surface area (Å²) in [4.78, 5) is 21.2. The second kappa shape index (κ2) is 4.05. The third-order valence-corrected chi connectivity index (χ3v) is 1.83. The number of phenols is 1. The summed E-state index contributed by atoms with van der Waals surface area (Å²) in [5.74, 6) is -0.354. The number of hydrogen-bond acceptors (Lipinski definition) is 3. The smallest absolute Gasteiger partial charge is 0.171 e. The molecule has 0 saturated heterocycles. The Morgan fingerprint density at radius 3 is 2.77 bits per heavy atom. The number of aldehydes is 1. The van der Waals surface area contributed by atoms with Gasteiger partial charge in [-0.1, -0.05) is 11.6 Å². The highest BCUT2D eigenvalue weighted by molar-refractivity contribution is 6.34. The number of hydrogen-bond donors (Lipinski definition) is 1. The molecule has 0 spiro atoms. The molecule has 0 aromatic heterocycles. The lowest BCUT2D eigenvalue weighted by molar-refractivity contribution is -0.107. The van der Waals surface area contributed by atoms with Crippen LogP contribution in [0.1, 0.15) is 16.8 Å². The molecule has 68 valence electrons. The molecule has 0 heterocycles. The first kappa shape index (κ1) is 9.74. The van der Waals surface area contributed by atoms with Crippen molar-refractivity contribution in [3.05, 3.63) is 28.8 Å². The fourth-order valence-corrected chi connectivity index (χ4v) is 1.20. The predicted octanol–water partition coefficient (Wildman–Crippen LogP) is 1.82. The van der Waals surface area contributed by atoms with Crippen molar-refractivity contribution in [3.63, 3.8) is 0 Å². The molecule has 0 fully saturated rings. The van der Waals surface area contributed by atoms with E-state index >= 15 is 0 Å². The van der Waals surface area contributed by atoms with Crippen molar-refractivity contribution in [2.75, 3.05) is 0 Å². The first-order valence-electron chi connectivity index (χ1n) is 3.60. The molecule has 0 unspecified atom stereocenters. The number of benzene rings is 1. The Morgan fingerprint density at radius 2 is 2.23 bits per heavy atom. The summed E-state index contributed by atoms with van der Waals surface area (Å²) in [7, 11) is 0. The quantitative estimate of drug-likeness (QED) is 0.458. The number of carbonyl (C=O) groups is 2. The number of rotatable bonds is 3. The van der Waals surface area contributed by atoms with Gasteiger partial charge in [0, 0.05) is 5.56 Å². The van der Waals surface area contributed by atoms with Crippen LogP contribution in [0, 0.1) is 0 Å². The molecule has 13 heavy (non-hydrogen) atoms. The summed E-state index contributed by atoms with van der Waals surface area (Å²) in [6, 6.07) is 4.01. The summed E-state index contributed by atoms with van der Waals surface area (Å²) in [5.41, 5.74) is 0.256. The molecule has 4 heteroatoms. The summed E-state index contributed by atoms with van der Waals surface area (Å²) in [6.45, 7) is 0. The molecule has 1 aromatic carbocycles. The molecular weight excluding hydrogens is 192 g/mol. The summed E-state index contributed by atoms with van der Waals surface area (Å²) >= 11 is 5.66. The van der Waals surface area contributed by atoms with E-state index in [-0.39, 0.29) is 28.5 Å². The largest absolute Gasteiger partial charge is 0.508 e. The van der Waals surface area contributed by atoms with E-state index < -0.39 is 0 Å². The fourth-order valence-electron chi connectivity index (χ4n) is 0.916. The Bertz CT molecular complexity index is 347. The van der Waals surface area contributed by atoms with Crippen LogP contribution in [0.15, 0.2) is 18.2 Å². The molecule has 0 aliphatic carbocycles. The van der Waals surface area contributed by atoms with Gasteiger partial charge in [0.1, 0.15) is 12.0 Å². The van der Waals surface area contributed by atoms with E-state index in [0.29, 0.717) is 6.29 Å². The van der Waals surface area contributed by atoms with Crippen LogP contribution in [0.4, 0.5) is 0 Å². The highest BCUT2D eigenvalue weighted by atomic mass is 35.5. The van der Waals surface area contributed by atoms with E-state index in [4.69, 9.17) is 16.7 Å². The zero-order valence-corrected chi connectivity index (χ0v) is 7.41. The van der Waals surface area contributed by atoms with Crippen molar-refractivity contribution in [2.45, 2.75) is 6.42 Å². The maximum Gasteiger partial charge on any atom is 0.171 e. The van der Waals surface area contributed by atoms with Crippen molar-refractivity contribution in [1.82, 2.24) is 0 Å². The van der Waals surface area contributed by atoms with Crippen LogP contribution in [0.2, 0.25) is 5.02 Å². The summed E-state index contributed by atoms with van der Waals surface area (Å²) in [6.07, 6.45) is 0.329. The van der Waals surface area contributed by atoms with E-state index in [2.05, 4.69) is 0 Å². The Morgan fingerprint density at radius 1 is 1.54 bits per heavy atom.